The number of hydrogen-bond acceptors (Lipinski definition) is 8. The van der Waals surface area contributed by atoms with Crippen LogP contribution in [0.4, 0.5) is 17.1 Å². The molecule has 172 valence electrons. The minimum atomic E-state index is -0.890. The van der Waals surface area contributed by atoms with E-state index >= 15 is 0 Å². The predicted molar refractivity (Wildman–Crippen MR) is 120 cm³/mol. The van der Waals surface area contributed by atoms with Gasteiger partial charge in [-0.2, -0.15) is 0 Å². The van der Waals surface area contributed by atoms with E-state index in [4.69, 9.17) is 4.74 Å². The van der Waals surface area contributed by atoms with E-state index in [0.717, 1.165) is 17.7 Å². The number of nitro benzene ring substituents is 2. The molecule has 11 nitrogen and oxygen atoms in total. The number of nitrogens with zero attached hydrogens (tertiary/aromatic N) is 2. The quantitative estimate of drug-likeness (QED) is 0.226. The van der Waals surface area contributed by atoms with Crippen molar-refractivity contribution in [1.29, 1.82) is 0 Å². The summed E-state index contributed by atoms with van der Waals surface area (Å²) in [6, 6.07) is 14.9. The fourth-order valence-electron chi connectivity index (χ4n) is 2.90. The first-order chi connectivity index (χ1) is 16.2. The Balaban J connectivity index is 1.64. The lowest BCUT2D eigenvalue weighted by atomic mass is 10.1. The van der Waals surface area contributed by atoms with Crippen LogP contribution in [0.2, 0.25) is 0 Å². The van der Waals surface area contributed by atoms with Crippen molar-refractivity contribution in [3.8, 4) is 0 Å². The lowest BCUT2D eigenvalue weighted by molar-refractivity contribution is -0.394. The van der Waals surface area contributed by atoms with Gasteiger partial charge in [0.15, 0.2) is 12.4 Å². The number of nitrogens with one attached hydrogen (secondary N) is 1. The Bertz CT molecular complexity index is 1280. The molecule has 34 heavy (non-hydrogen) atoms. The molecule has 0 aromatic heterocycles. The van der Waals surface area contributed by atoms with E-state index in [0.29, 0.717) is 11.6 Å². The first kappa shape index (κ1) is 23.7. The highest BCUT2D eigenvalue weighted by Crippen LogP contribution is 2.25. The molecule has 0 aliphatic rings. The van der Waals surface area contributed by atoms with Crippen LogP contribution in [0.5, 0.6) is 0 Å². The summed E-state index contributed by atoms with van der Waals surface area (Å²) in [4.78, 5) is 57.1. The summed E-state index contributed by atoms with van der Waals surface area (Å²) < 4.78 is 5.03. The number of non-ortho nitro benzene ring substituents is 1. The first-order valence-electron chi connectivity index (χ1n) is 9.77. The molecule has 0 bridgehead atoms. The molecule has 0 aliphatic heterocycles. The van der Waals surface area contributed by atoms with Crippen LogP contribution in [0.25, 0.3) is 0 Å². The standard InChI is InChI=1S/C23H17N3O8/c1-14-2-4-15(5-3-14)21(27)13-34-23(29)16-6-8-17(9-7-16)24-22(28)19-11-10-18(25(30)31)12-20(19)26(32)33/h2-12H,13H2,1H3,(H,24,28). The molecule has 1 amide bonds. The minimum absolute atomic E-state index is 0.121. The molecule has 1 N–H and O–H groups in total. The maximum absolute atomic E-state index is 12.5. The van der Waals surface area contributed by atoms with E-state index in [1.807, 2.05) is 6.92 Å². The van der Waals surface area contributed by atoms with Crippen molar-refractivity contribution in [3.63, 3.8) is 0 Å². The van der Waals surface area contributed by atoms with Gasteiger partial charge in [0.25, 0.3) is 17.3 Å². The Morgan fingerprint density at radius 3 is 2.06 bits per heavy atom. The molecule has 0 heterocycles. The summed E-state index contributed by atoms with van der Waals surface area (Å²) in [5.41, 5.74) is 0.132. The Labute approximate surface area is 192 Å². The third-order valence-electron chi connectivity index (χ3n) is 4.72. The average Bonchev–Trinajstić information content (AvgIpc) is 2.82. The molecular formula is C23H17N3O8. The van der Waals surface area contributed by atoms with Crippen LogP contribution in [-0.2, 0) is 4.74 Å². The monoisotopic (exact) mass is 463 g/mol. The number of ketones is 1. The van der Waals surface area contributed by atoms with Gasteiger partial charge < -0.3 is 10.1 Å². The van der Waals surface area contributed by atoms with Crippen LogP contribution in [0.3, 0.4) is 0 Å². The number of ether oxygens (including phenoxy) is 1. The summed E-state index contributed by atoms with van der Waals surface area (Å²) in [6.07, 6.45) is 0. The molecule has 3 aromatic carbocycles. The van der Waals surface area contributed by atoms with Gasteiger partial charge in [-0.1, -0.05) is 29.8 Å². The van der Waals surface area contributed by atoms with Gasteiger partial charge in [0.2, 0.25) is 0 Å². The molecule has 0 atom stereocenters. The van der Waals surface area contributed by atoms with Crippen LogP contribution in [0, 0.1) is 27.2 Å². The fraction of sp³-hybridized carbons (Fsp3) is 0.0870. The summed E-state index contributed by atoms with van der Waals surface area (Å²) in [6.45, 7) is 1.44. The van der Waals surface area contributed by atoms with E-state index in [-0.39, 0.29) is 22.6 Å². The normalized spacial score (nSPS) is 10.3. The second-order valence-corrected chi connectivity index (χ2v) is 7.11. The number of nitro groups is 2. The van der Waals surface area contributed by atoms with Gasteiger partial charge in [-0.05, 0) is 37.3 Å². The fourth-order valence-corrected chi connectivity index (χ4v) is 2.90. The number of rotatable bonds is 8. The molecule has 3 rings (SSSR count). The van der Waals surface area contributed by atoms with Crippen LogP contribution >= 0.6 is 0 Å². The number of benzene rings is 3. The molecule has 0 spiro atoms. The number of aryl methyl sites for hydroxylation is 1. The van der Waals surface area contributed by atoms with E-state index in [2.05, 4.69) is 5.32 Å². The first-order valence-corrected chi connectivity index (χ1v) is 9.77. The number of hydrogen-bond donors (Lipinski definition) is 1. The van der Waals surface area contributed by atoms with Gasteiger partial charge in [-0.3, -0.25) is 29.8 Å². The maximum Gasteiger partial charge on any atom is 0.338 e. The van der Waals surface area contributed by atoms with Crippen molar-refractivity contribution >= 4 is 34.7 Å². The highest BCUT2D eigenvalue weighted by molar-refractivity contribution is 6.07. The van der Waals surface area contributed by atoms with E-state index < -0.39 is 39.7 Å². The van der Waals surface area contributed by atoms with Crippen molar-refractivity contribution in [2.45, 2.75) is 6.92 Å². The molecule has 0 saturated heterocycles. The van der Waals surface area contributed by atoms with Gasteiger partial charge in [0.05, 0.1) is 21.5 Å². The SMILES string of the molecule is Cc1ccc(C(=O)COC(=O)c2ccc(NC(=O)c3ccc([N+](=O)[O-])cc3[N+](=O)[O-])cc2)cc1. The summed E-state index contributed by atoms with van der Waals surface area (Å²) in [7, 11) is 0. The largest absolute Gasteiger partial charge is 0.454 e. The Kier molecular flexibility index (Phi) is 7.07. The van der Waals surface area contributed by atoms with Gasteiger partial charge >= 0.3 is 5.97 Å². The maximum atomic E-state index is 12.5. The smallest absolute Gasteiger partial charge is 0.338 e. The Morgan fingerprint density at radius 2 is 1.47 bits per heavy atom. The van der Waals surface area contributed by atoms with E-state index in [9.17, 15) is 34.6 Å². The van der Waals surface area contributed by atoms with Gasteiger partial charge in [-0.25, -0.2) is 4.79 Å². The van der Waals surface area contributed by atoms with Gasteiger partial charge in [0.1, 0.15) is 5.56 Å². The second kappa shape index (κ2) is 10.1. The number of carbonyl (C=O) groups excluding carboxylic acids is 3. The zero-order valence-corrected chi connectivity index (χ0v) is 17.7. The molecular weight excluding hydrogens is 446 g/mol. The molecule has 0 saturated carbocycles. The number of esters is 1. The minimum Gasteiger partial charge on any atom is -0.454 e. The van der Waals surface area contributed by atoms with Gasteiger partial charge in [-0.15, -0.1) is 0 Å². The highest BCUT2D eigenvalue weighted by atomic mass is 16.6. The van der Waals surface area contributed by atoms with Crippen molar-refractivity contribution in [1.82, 2.24) is 0 Å². The predicted octanol–water partition coefficient (Wildman–Crippen LogP) is 4.10. The average molecular weight is 463 g/mol. The zero-order valence-electron chi connectivity index (χ0n) is 17.7. The van der Waals surface area contributed by atoms with E-state index in [1.54, 1.807) is 24.3 Å². The highest BCUT2D eigenvalue weighted by Gasteiger charge is 2.24. The number of Topliss-reactive ketones (excluding diaryl/α,β-unsaturated/α-hetero) is 1. The summed E-state index contributed by atoms with van der Waals surface area (Å²) >= 11 is 0. The van der Waals surface area contributed by atoms with Crippen molar-refractivity contribution in [2.75, 3.05) is 11.9 Å². The molecule has 3 aromatic rings. The summed E-state index contributed by atoms with van der Waals surface area (Å²) in [5, 5.41) is 24.5. The third-order valence-corrected chi connectivity index (χ3v) is 4.72. The van der Waals surface area contributed by atoms with Crippen LogP contribution in [-0.4, -0.2) is 34.1 Å². The van der Waals surface area contributed by atoms with E-state index in [1.165, 1.54) is 24.3 Å². The second-order valence-electron chi connectivity index (χ2n) is 7.11. The van der Waals surface area contributed by atoms with Crippen LogP contribution in [0.15, 0.2) is 66.7 Å². The molecule has 11 heteroatoms. The number of anilines is 1. The topological polar surface area (TPSA) is 159 Å². The van der Waals surface area contributed by atoms with Crippen LogP contribution < -0.4 is 5.32 Å². The Hall–Kier alpha value is -4.93. The van der Waals surface area contributed by atoms with Crippen molar-refractivity contribution in [2.24, 2.45) is 0 Å². The lowest BCUT2D eigenvalue weighted by Crippen LogP contribution is -2.15. The third kappa shape index (κ3) is 5.65. The summed E-state index contributed by atoms with van der Waals surface area (Å²) in [5.74, 6) is -1.97. The number of carbonyl (C=O) groups is 3. The van der Waals surface area contributed by atoms with Crippen LogP contribution in [0.1, 0.15) is 36.6 Å². The van der Waals surface area contributed by atoms with Crippen molar-refractivity contribution < 1.29 is 29.0 Å². The molecule has 0 radical (unpaired) electrons. The van der Waals surface area contributed by atoms with Gasteiger partial charge in [0, 0.05) is 17.3 Å². The zero-order chi connectivity index (χ0) is 24.8. The molecule has 0 aliphatic carbocycles. The number of amides is 1. The Morgan fingerprint density at radius 1 is 0.853 bits per heavy atom. The molecule has 0 fully saturated rings. The van der Waals surface area contributed by atoms with Crippen molar-refractivity contribution in [3.05, 3.63) is 109 Å². The molecule has 0 unspecified atom stereocenters. The lowest BCUT2D eigenvalue weighted by Gasteiger charge is -2.08.